The minimum absolute atomic E-state index is 0.0826. The normalized spacial score (nSPS) is 13.1. The van der Waals surface area contributed by atoms with Crippen LogP contribution in [0.15, 0.2) is 48.5 Å². The van der Waals surface area contributed by atoms with Gasteiger partial charge < -0.3 is 10.2 Å². The molecule has 2 rings (SSSR count). The van der Waals surface area contributed by atoms with E-state index in [1.165, 1.54) is 17.0 Å². The summed E-state index contributed by atoms with van der Waals surface area (Å²) in [5.74, 6) is -1.40. The lowest BCUT2D eigenvalue weighted by Crippen LogP contribution is -2.53. The van der Waals surface area contributed by atoms with Gasteiger partial charge in [0.15, 0.2) is 0 Å². The van der Waals surface area contributed by atoms with Crippen LogP contribution in [0.25, 0.3) is 0 Å². The number of sulfonamides is 1. The minimum atomic E-state index is -3.87. The Hall–Kier alpha value is -2.65. The number of carbonyl (C=O) groups is 2. The number of rotatable bonds is 11. The Kier molecular flexibility index (Phi) is 9.88. The summed E-state index contributed by atoms with van der Waals surface area (Å²) < 4.78 is 39.3. The van der Waals surface area contributed by atoms with E-state index in [9.17, 15) is 22.4 Å². The monoisotopic (exact) mass is 511 g/mol. The van der Waals surface area contributed by atoms with Crippen molar-refractivity contribution in [3.8, 4) is 0 Å². The Morgan fingerprint density at radius 3 is 2.12 bits per heavy atom. The van der Waals surface area contributed by atoms with Crippen LogP contribution in [0.2, 0.25) is 5.02 Å². The van der Waals surface area contributed by atoms with Crippen molar-refractivity contribution in [2.24, 2.45) is 0 Å². The van der Waals surface area contributed by atoms with Crippen molar-refractivity contribution >= 4 is 39.1 Å². The maximum atomic E-state index is 13.5. The van der Waals surface area contributed by atoms with E-state index in [1.54, 1.807) is 31.2 Å². The Balaban J connectivity index is 2.41. The maximum absolute atomic E-state index is 13.5. The van der Waals surface area contributed by atoms with Crippen LogP contribution >= 0.6 is 11.6 Å². The lowest BCUT2D eigenvalue weighted by Gasteiger charge is -2.33. The molecule has 0 heterocycles. The second-order valence-electron chi connectivity index (χ2n) is 8.14. The number of anilines is 1. The van der Waals surface area contributed by atoms with E-state index in [2.05, 4.69) is 5.32 Å². The number of hydrogen-bond donors (Lipinski definition) is 1. The first-order valence-electron chi connectivity index (χ1n) is 11.0. The van der Waals surface area contributed by atoms with Crippen molar-refractivity contribution in [3.05, 3.63) is 64.9 Å². The molecule has 0 aromatic heterocycles. The van der Waals surface area contributed by atoms with Crippen molar-refractivity contribution in [2.45, 2.75) is 52.2 Å². The number of halogens is 2. The SMILES string of the molecule is CC[C@H](C(=O)N[C@@H](C)CC)N(Cc1ccc(Cl)cc1)C(=O)CN(c1ccc(F)cc1)S(C)(=O)=O. The zero-order chi connectivity index (χ0) is 25.5. The number of benzene rings is 2. The molecule has 1 N–H and O–H groups in total. The molecule has 186 valence electrons. The van der Waals surface area contributed by atoms with Crippen LogP contribution in [0.5, 0.6) is 0 Å². The molecule has 0 radical (unpaired) electrons. The van der Waals surface area contributed by atoms with E-state index >= 15 is 0 Å². The van der Waals surface area contributed by atoms with Gasteiger partial charge in [-0.25, -0.2) is 12.8 Å². The minimum Gasteiger partial charge on any atom is -0.352 e. The van der Waals surface area contributed by atoms with Crippen molar-refractivity contribution in [1.29, 1.82) is 0 Å². The molecule has 2 aromatic rings. The predicted octanol–water partition coefficient (Wildman–Crippen LogP) is 3.97. The van der Waals surface area contributed by atoms with Gasteiger partial charge in [-0.05, 0) is 61.7 Å². The van der Waals surface area contributed by atoms with E-state index in [4.69, 9.17) is 11.6 Å². The third-order valence-corrected chi connectivity index (χ3v) is 6.84. The Morgan fingerprint density at radius 1 is 1.03 bits per heavy atom. The van der Waals surface area contributed by atoms with Crippen molar-refractivity contribution in [1.82, 2.24) is 10.2 Å². The third-order valence-electron chi connectivity index (χ3n) is 5.45. The molecule has 0 unspecified atom stereocenters. The van der Waals surface area contributed by atoms with E-state index < -0.39 is 34.3 Å². The van der Waals surface area contributed by atoms with Crippen LogP contribution < -0.4 is 9.62 Å². The third kappa shape index (κ3) is 7.70. The molecule has 0 aliphatic heterocycles. The molecule has 0 saturated heterocycles. The van der Waals surface area contributed by atoms with Gasteiger partial charge in [0.25, 0.3) is 0 Å². The number of carbonyl (C=O) groups excluding carboxylic acids is 2. The molecular formula is C24H31ClFN3O4S. The number of nitrogens with one attached hydrogen (secondary N) is 1. The average Bonchev–Trinajstić information content (AvgIpc) is 2.78. The summed E-state index contributed by atoms with van der Waals surface area (Å²) in [6.45, 7) is 5.15. The topological polar surface area (TPSA) is 86.8 Å². The highest BCUT2D eigenvalue weighted by Crippen LogP contribution is 2.20. The van der Waals surface area contributed by atoms with Crippen molar-refractivity contribution in [3.63, 3.8) is 0 Å². The number of amides is 2. The first-order chi connectivity index (χ1) is 16.0. The molecule has 0 fully saturated rings. The highest BCUT2D eigenvalue weighted by molar-refractivity contribution is 7.92. The zero-order valence-electron chi connectivity index (χ0n) is 19.8. The van der Waals surface area contributed by atoms with Crippen LogP contribution in [0.1, 0.15) is 39.2 Å². The molecule has 0 bridgehead atoms. The molecule has 2 amide bonds. The van der Waals surface area contributed by atoms with Crippen molar-refractivity contribution in [2.75, 3.05) is 17.1 Å². The predicted molar refractivity (Wildman–Crippen MR) is 133 cm³/mol. The molecule has 0 aliphatic carbocycles. The van der Waals surface area contributed by atoms with Gasteiger partial charge in [-0.1, -0.05) is 37.6 Å². The average molecular weight is 512 g/mol. The first kappa shape index (κ1) is 27.6. The summed E-state index contributed by atoms with van der Waals surface area (Å²) in [5.41, 5.74) is 0.890. The molecular weight excluding hydrogens is 481 g/mol. The lowest BCUT2D eigenvalue weighted by molar-refractivity contribution is -0.140. The van der Waals surface area contributed by atoms with E-state index in [1.807, 2.05) is 13.8 Å². The van der Waals surface area contributed by atoms with Gasteiger partial charge in [-0.3, -0.25) is 13.9 Å². The van der Waals surface area contributed by atoms with Crippen molar-refractivity contribution < 1.29 is 22.4 Å². The van der Waals surface area contributed by atoms with Gasteiger partial charge in [0.1, 0.15) is 18.4 Å². The summed E-state index contributed by atoms with van der Waals surface area (Å²) in [5, 5.41) is 3.44. The van der Waals surface area contributed by atoms with Crippen LogP contribution in [-0.4, -0.2) is 50.0 Å². The summed E-state index contributed by atoms with van der Waals surface area (Å²) in [6, 6.07) is 10.8. The smallest absolute Gasteiger partial charge is 0.244 e. The second kappa shape index (κ2) is 12.2. The molecule has 2 aromatic carbocycles. The zero-order valence-corrected chi connectivity index (χ0v) is 21.4. The van der Waals surface area contributed by atoms with Gasteiger partial charge >= 0.3 is 0 Å². The molecule has 10 heteroatoms. The van der Waals surface area contributed by atoms with E-state index in [0.717, 1.165) is 34.7 Å². The fourth-order valence-electron chi connectivity index (χ4n) is 3.37. The van der Waals surface area contributed by atoms with Gasteiger partial charge in [0.2, 0.25) is 21.8 Å². The molecule has 2 atom stereocenters. The number of nitrogens with zero attached hydrogens (tertiary/aromatic N) is 2. The van der Waals surface area contributed by atoms with Crippen LogP contribution in [0.4, 0.5) is 10.1 Å². The van der Waals surface area contributed by atoms with Crippen LogP contribution in [0, 0.1) is 5.82 Å². The summed E-state index contributed by atoms with van der Waals surface area (Å²) >= 11 is 5.98. The van der Waals surface area contributed by atoms with E-state index in [-0.39, 0.29) is 24.2 Å². The quantitative estimate of drug-likeness (QED) is 0.494. The van der Waals surface area contributed by atoms with Gasteiger partial charge in [-0.2, -0.15) is 0 Å². The summed E-state index contributed by atoms with van der Waals surface area (Å²) in [6.07, 6.45) is 2.02. The Labute approximate surface area is 205 Å². The van der Waals surface area contributed by atoms with Gasteiger partial charge in [0.05, 0.1) is 11.9 Å². The summed E-state index contributed by atoms with van der Waals surface area (Å²) in [4.78, 5) is 27.9. The summed E-state index contributed by atoms with van der Waals surface area (Å²) in [7, 11) is -3.87. The van der Waals surface area contributed by atoms with Crippen LogP contribution in [0.3, 0.4) is 0 Å². The highest BCUT2D eigenvalue weighted by Gasteiger charge is 2.32. The molecule has 34 heavy (non-hydrogen) atoms. The van der Waals surface area contributed by atoms with E-state index in [0.29, 0.717) is 11.4 Å². The standard InChI is InChI=1S/C24H31ClFN3O4S/c1-5-17(3)27-24(31)22(6-2)28(15-18-7-9-19(25)10-8-18)23(30)16-29(34(4,32)33)21-13-11-20(26)12-14-21/h7-14,17,22H,5-6,15-16H2,1-4H3,(H,27,31)/t17-,22+/m0/s1. The molecule has 0 spiro atoms. The first-order valence-corrected chi connectivity index (χ1v) is 13.3. The lowest BCUT2D eigenvalue weighted by atomic mass is 10.1. The fraction of sp³-hybridized carbons (Fsp3) is 0.417. The second-order valence-corrected chi connectivity index (χ2v) is 10.5. The fourth-order valence-corrected chi connectivity index (χ4v) is 4.34. The molecule has 7 nitrogen and oxygen atoms in total. The molecule has 0 aliphatic rings. The Bertz CT molecular complexity index is 1080. The van der Waals surface area contributed by atoms with Gasteiger partial charge in [-0.15, -0.1) is 0 Å². The molecule has 0 saturated carbocycles. The highest BCUT2D eigenvalue weighted by atomic mass is 35.5. The largest absolute Gasteiger partial charge is 0.352 e. The number of hydrogen-bond acceptors (Lipinski definition) is 4. The maximum Gasteiger partial charge on any atom is 0.244 e. The van der Waals surface area contributed by atoms with Gasteiger partial charge in [0, 0.05) is 17.6 Å². The van der Waals surface area contributed by atoms with Crippen LogP contribution in [-0.2, 0) is 26.2 Å². The Morgan fingerprint density at radius 2 is 1.62 bits per heavy atom.